The number of hydrogen-bond acceptors (Lipinski definition) is 10. The smallest absolute Gasteiger partial charge is 0.462 e. The molecule has 0 bridgehead atoms. The van der Waals surface area contributed by atoms with Gasteiger partial charge in [-0.15, -0.1) is 0 Å². The second-order valence-electron chi connectivity index (χ2n) is 19.0. The van der Waals surface area contributed by atoms with E-state index in [4.69, 9.17) is 23.3 Å². The van der Waals surface area contributed by atoms with E-state index in [2.05, 4.69) is 167 Å². The van der Waals surface area contributed by atoms with Crippen molar-refractivity contribution in [2.24, 2.45) is 0 Å². The van der Waals surface area contributed by atoms with Gasteiger partial charge >= 0.3 is 25.7 Å². The zero-order valence-electron chi connectivity index (χ0n) is 49.5. The number of aliphatic hydroxyl groups is 1. The van der Waals surface area contributed by atoms with Gasteiger partial charge in [-0.05, 0) is 128 Å². The second-order valence-corrected chi connectivity index (χ2v) is 20.5. The summed E-state index contributed by atoms with van der Waals surface area (Å²) in [7, 11) is -4.81. The van der Waals surface area contributed by atoms with Crippen LogP contribution >= 0.6 is 7.82 Å². The van der Waals surface area contributed by atoms with Crippen LogP contribution in [-0.4, -0.2) is 66.5 Å². The van der Waals surface area contributed by atoms with Gasteiger partial charge in [-0.3, -0.25) is 23.4 Å². The van der Waals surface area contributed by atoms with E-state index in [1.54, 1.807) is 0 Å². The van der Waals surface area contributed by atoms with Crippen LogP contribution < -0.4 is 0 Å². The van der Waals surface area contributed by atoms with Crippen molar-refractivity contribution in [3.63, 3.8) is 0 Å². The van der Waals surface area contributed by atoms with Crippen LogP contribution in [0, 0.1) is 0 Å². The first-order chi connectivity index (χ1) is 39.2. The van der Waals surface area contributed by atoms with E-state index in [0.29, 0.717) is 32.1 Å². The maximum Gasteiger partial charge on any atom is 0.472 e. The molecule has 0 aromatic carbocycles. The van der Waals surface area contributed by atoms with E-state index in [1.807, 2.05) is 24.3 Å². The molecule has 448 valence electrons. The van der Waals surface area contributed by atoms with Crippen LogP contribution in [0.5, 0.6) is 0 Å². The molecule has 0 spiro atoms. The van der Waals surface area contributed by atoms with Crippen molar-refractivity contribution < 1.29 is 52.2 Å². The van der Waals surface area contributed by atoms with Crippen molar-refractivity contribution in [2.45, 2.75) is 213 Å². The van der Waals surface area contributed by atoms with Gasteiger partial charge in [0.2, 0.25) is 0 Å². The predicted molar refractivity (Wildman–Crippen MR) is 334 cm³/mol. The highest BCUT2D eigenvalue weighted by Gasteiger charge is 2.28. The lowest BCUT2D eigenvalue weighted by Crippen LogP contribution is -2.30. The molecule has 0 aliphatic carbocycles. The van der Waals surface area contributed by atoms with E-state index in [0.717, 1.165) is 109 Å². The standard InChI is InChI=1S/C68H105O11P/c1-4-7-10-13-16-19-22-25-28-30-32-34-37-40-43-46-49-52-55-58-67(71)78-64(60-69)62-76-80(73,74)77-63-65(61-75-66(70)57-54-51-48-45-42-39-36-27-24-21-18-15-12-9-6-3)79-68(72)59-56-53-50-47-44-41-38-35-33-31-29-26-23-20-17-14-11-8-5-2/h7-8,10-11,16-21,25-29,32-36,40-41,43-44,49-50,52-53,64-65,69H,4-6,9,12-15,22-24,30-31,37-39,42,45-48,51,54-63H2,1-3H3,(H,73,74)/b10-7-,11-8-,19-16-,20-17-,21-18-,28-25-,29-26-,34-32-,35-33-,36-27-,43-40-,44-41-,52-49-,53-50-. The summed E-state index contributed by atoms with van der Waals surface area (Å²) < 4.78 is 39.4. The zero-order chi connectivity index (χ0) is 58.3. The molecule has 0 aromatic heterocycles. The molecule has 0 heterocycles. The zero-order valence-corrected chi connectivity index (χ0v) is 50.4. The van der Waals surface area contributed by atoms with Crippen LogP contribution in [-0.2, 0) is 42.2 Å². The molecule has 80 heavy (non-hydrogen) atoms. The molecular formula is C68H105O11P. The van der Waals surface area contributed by atoms with Crippen molar-refractivity contribution >= 4 is 25.7 Å². The van der Waals surface area contributed by atoms with E-state index in [1.165, 1.54) is 19.3 Å². The number of phosphoric acid groups is 1. The summed E-state index contributed by atoms with van der Waals surface area (Å²) in [6.45, 7) is 4.18. The molecule has 0 saturated heterocycles. The van der Waals surface area contributed by atoms with E-state index < -0.39 is 64.4 Å². The lowest BCUT2D eigenvalue weighted by Gasteiger charge is -2.21. The summed E-state index contributed by atoms with van der Waals surface area (Å²) >= 11 is 0. The average molecular weight is 1130 g/mol. The van der Waals surface area contributed by atoms with Crippen molar-refractivity contribution in [3.8, 4) is 0 Å². The third kappa shape index (κ3) is 57.5. The van der Waals surface area contributed by atoms with Gasteiger partial charge < -0.3 is 24.2 Å². The van der Waals surface area contributed by atoms with Gasteiger partial charge in [-0.1, -0.05) is 223 Å². The molecule has 11 nitrogen and oxygen atoms in total. The van der Waals surface area contributed by atoms with Gasteiger partial charge in [0.05, 0.1) is 19.8 Å². The number of carbonyl (C=O) groups excluding carboxylic acids is 3. The average Bonchev–Trinajstić information content (AvgIpc) is 3.45. The summed E-state index contributed by atoms with van der Waals surface area (Å²) in [4.78, 5) is 48.6. The molecule has 0 aliphatic heterocycles. The number of carbonyl (C=O) groups is 3. The fourth-order valence-corrected chi connectivity index (χ4v) is 7.93. The van der Waals surface area contributed by atoms with E-state index in [-0.39, 0.29) is 19.3 Å². The number of rotatable bonds is 53. The number of phosphoric ester groups is 1. The molecule has 0 radical (unpaired) electrons. The second kappa shape index (κ2) is 59.9. The fourth-order valence-electron chi connectivity index (χ4n) is 7.14. The number of ether oxygens (including phenoxy) is 3. The first-order valence-corrected chi connectivity index (χ1v) is 31.5. The number of esters is 3. The van der Waals surface area contributed by atoms with Gasteiger partial charge in [0.25, 0.3) is 0 Å². The maximum absolute atomic E-state index is 12.9. The summed E-state index contributed by atoms with van der Waals surface area (Å²) in [5.41, 5.74) is 0. The summed E-state index contributed by atoms with van der Waals surface area (Å²) in [6.07, 6.45) is 80.5. The Morgan fingerprint density at radius 2 is 0.675 bits per heavy atom. The highest BCUT2D eigenvalue weighted by atomic mass is 31.2. The summed E-state index contributed by atoms with van der Waals surface area (Å²) in [6, 6.07) is 0. The first kappa shape index (κ1) is 74.8. The molecule has 0 aliphatic rings. The third-order valence-corrected chi connectivity index (χ3v) is 12.6. The maximum atomic E-state index is 12.9. The highest BCUT2D eigenvalue weighted by molar-refractivity contribution is 7.47. The van der Waals surface area contributed by atoms with Gasteiger partial charge in [0.1, 0.15) is 12.7 Å². The normalized spacial score (nSPS) is 14.5. The Bertz CT molecular complexity index is 1990. The molecule has 3 unspecified atom stereocenters. The SMILES string of the molecule is CC/C=C\C/C=C\C/C=C\C/C=C\C/C=C\C/C=C\CCC(=O)OC(CO)COP(=O)(O)OCC(COC(=O)CCCCCCC/C=C\C/C=C\CCCCC)OC(=O)CC/C=C\C/C=C\C/C=C\C/C=C\C/C=C\C/C=C\CC. The van der Waals surface area contributed by atoms with Crippen molar-refractivity contribution in [3.05, 3.63) is 170 Å². The molecule has 0 aromatic rings. The van der Waals surface area contributed by atoms with Crippen molar-refractivity contribution in [2.75, 3.05) is 26.4 Å². The van der Waals surface area contributed by atoms with Gasteiger partial charge in [-0.25, -0.2) is 4.57 Å². The lowest BCUT2D eigenvalue weighted by atomic mass is 10.1. The van der Waals surface area contributed by atoms with Crippen LogP contribution in [0.1, 0.15) is 201 Å². The molecule has 0 rings (SSSR count). The Morgan fingerprint density at radius 1 is 0.362 bits per heavy atom. The Kier molecular flexibility index (Phi) is 56.1. The Labute approximate surface area is 485 Å². The van der Waals surface area contributed by atoms with E-state index >= 15 is 0 Å². The highest BCUT2D eigenvalue weighted by Crippen LogP contribution is 2.43. The van der Waals surface area contributed by atoms with Gasteiger partial charge in [0, 0.05) is 19.3 Å². The minimum atomic E-state index is -4.81. The summed E-state index contributed by atoms with van der Waals surface area (Å²) in [5, 5.41) is 9.82. The van der Waals surface area contributed by atoms with Crippen LogP contribution in [0.4, 0.5) is 0 Å². The number of allylic oxidation sites excluding steroid dienone is 28. The quantitative estimate of drug-likeness (QED) is 0.0197. The molecular weight excluding hydrogens is 1020 g/mol. The largest absolute Gasteiger partial charge is 0.472 e. The lowest BCUT2D eigenvalue weighted by molar-refractivity contribution is -0.161. The van der Waals surface area contributed by atoms with Crippen LogP contribution in [0.15, 0.2) is 170 Å². The van der Waals surface area contributed by atoms with Crippen LogP contribution in [0.3, 0.4) is 0 Å². The number of hydrogen-bond donors (Lipinski definition) is 2. The minimum absolute atomic E-state index is 0.0233. The molecule has 0 amide bonds. The molecule has 12 heteroatoms. The van der Waals surface area contributed by atoms with Crippen molar-refractivity contribution in [1.82, 2.24) is 0 Å². The Morgan fingerprint density at radius 3 is 1.05 bits per heavy atom. The number of aliphatic hydroxyl groups excluding tert-OH is 1. The topological polar surface area (TPSA) is 155 Å². The molecule has 3 atom stereocenters. The predicted octanol–water partition coefficient (Wildman–Crippen LogP) is 18.2. The van der Waals surface area contributed by atoms with Gasteiger partial charge in [0.15, 0.2) is 6.10 Å². The monoisotopic (exact) mass is 1130 g/mol. The van der Waals surface area contributed by atoms with Crippen molar-refractivity contribution in [1.29, 1.82) is 0 Å². The summed E-state index contributed by atoms with van der Waals surface area (Å²) in [5.74, 6) is -1.70. The number of unbranched alkanes of at least 4 members (excludes halogenated alkanes) is 8. The fraction of sp³-hybridized carbons (Fsp3) is 0.544. The Balaban J connectivity index is 4.94. The third-order valence-electron chi connectivity index (χ3n) is 11.6. The molecule has 0 saturated carbocycles. The Hall–Kier alpha value is -5.16. The minimum Gasteiger partial charge on any atom is -0.462 e. The first-order valence-electron chi connectivity index (χ1n) is 30.0. The van der Waals surface area contributed by atoms with E-state index in [9.17, 15) is 28.9 Å². The van der Waals surface area contributed by atoms with Crippen LogP contribution in [0.2, 0.25) is 0 Å². The molecule has 0 fully saturated rings. The van der Waals surface area contributed by atoms with Gasteiger partial charge in [-0.2, -0.15) is 0 Å². The van der Waals surface area contributed by atoms with Crippen LogP contribution in [0.25, 0.3) is 0 Å². The molecule has 2 N–H and O–H groups in total.